The van der Waals surface area contributed by atoms with Gasteiger partial charge in [-0.25, -0.2) is 4.98 Å². The molecule has 1 unspecified atom stereocenters. The van der Waals surface area contributed by atoms with Gasteiger partial charge in [0, 0.05) is 25.2 Å². The van der Waals surface area contributed by atoms with Crippen molar-refractivity contribution in [3.8, 4) is 5.88 Å². The van der Waals surface area contributed by atoms with Crippen LogP contribution < -0.4 is 10.1 Å². The van der Waals surface area contributed by atoms with Gasteiger partial charge in [-0.05, 0) is 32.4 Å². The lowest BCUT2D eigenvalue weighted by molar-refractivity contribution is 0.0922. The summed E-state index contributed by atoms with van der Waals surface area (Å²) in [5.74, 6) is 2.08. The lowest BCUT2D eigenvalue weighted by Gasteiger charge is -2.25. The second-order valence-electron chi connectivity index (χ2n) is 5.27. The van der Waals surface area contributed by atoms with Crippen LogP contribution in [-0.4, -0.2) is 38.3 Å². The number of carbonyl (C=O) groups is 1. The number of aromatic nitrogens is 4. The van der Waals surface area contributed by atoms with E-state index in [2.05, 4.69) is 25.1 Å². The zero-order valence-electron chi connectivity index (χ0n) is 12.7. The number of amides is 1. The Morgan fingerprint density at radius 2 is 2.36 bits per heavy atom. The molecule has 0 radical (unpaired) electrons. The Bertz CT molecular complexity index is 682. The number of fused-ring (bicyclic) bond motifs is 1. The van der Waals surface area contributed by atoms with Gasteiger partial charge in [-0.2, -0.15) is 0 Å². The topological polar surface area (TPSA) is 81.9 Å². The molecule has 1 N–H and O–H groups in total. The average Bonchev–Trinajstić information content (AvgIpc) is 2.89. The minimum absolute atomic E-state index is 0.0596. The van der Waals surface area contributed by atoms with Crippen LogP contribution in [0.1, 0.15) is 35.4 Å². The highest BCUT2D eigenvalue weighted by molar-refractivity contribution is 5.96. The fraction of sp³-hybridized carbons (Fsp3) is 0.467. The molecule has 1 aliphatic rings. The van der Waals surface area contributed by atoms with Crippen LogP contribution in [0.25, 0.3) is 0 Å². The number of rotatable bonds is 4. The molecule has 3 heterocycles. The first-order valence-corrected chi connectivity index (χ1v) is 7.46. The highest BCUT2D eigenvalue weighted by atomic mass is 16.5. The number of aryl methyl sites for hydroxylation is 2. The van der Waals surface area contributed by atoms with Gasteiger partial charge in [0.25, 0.3) is 5.91 Å². The van der Waals surface area contributed by atoms with E-state index >= 15 is 0 Å². The lowest BCUT2D eigenvalue weighted by atomic mass is 10.1. The molecule has 1 amide bonds. The van der Waals surface area contributed by atoms with E-state index in [9.17, 15) is 4.79 Å². The predicted molar refractivity (Wildman–Crippen MR) is 79.7 cm³/mol. The fourth-order valence-electron chi connectivity index (χ4n) is 2.66. The summed E-state index contributed by atoms with van der Waals surface area (Å²) < 4.78 is 7.47. The smallest absolute Gasteiger partial charge is 0.257 e. The Morgan fingerprint density at radius 1 is 1.50 bits per heavy atom. The van der Waals surface area contributed by atoms with Crippen molar-refractivity contribution in [2.75, 3.05) is 6.61 Å². The molecule has 0 spiro atoms. The SMILES string of the molecule is CCOc1ncccc1C(=O)NC1CCc2nnc(C)n2C1. The second kappa shape index (κ2) is 6.13. The molecule has 116 valence electrons. The van der Waals surface area contributed by atoms with E-state index in [0.717, 1.165) is 24.5 Å². The summed E-state index contributed by atoms with van der Waals surface area (Å²) in [6.45, 7) is 4.97. The van der Waals surface area contributed by atoms with Crippen LogP contribution in [0.15, 0.2) is 18.3 Å². The zero-order valence-corrected chi connectivity index (χ0v) is 12.7. The Morgan fingerprint density at radius 3 is 3.18 bits per heavy atom. The summed E-state index contributed by atoms with van der Waals surface area (Å²) in [5.41, 5.74) is 0.468. The van der Waals surface area contributed by atoms with E-state index in [1.54, 1.807) is 18.3 Å². The van der Waals surface area contributed by atoms with E-state index in [0.29, 0.717) is 24.6 Å². The first kappa shape index (κ1) is 14.5. The van der Waals surface area contributed by atoms with Crippen molar-refractivity contribution in [2.45, 2.75) is 39.3 Å². The summed E-state index contributed by atoms with van der Waals surface area (Å²) in [6, 6.07) is 3.52. The van der Waals surface area contributed by atoms with E-state index in [4.69, 9.17) is 4.74 Å². The molecule has 0 aliphatic carbocycles. The molecule has 0 fully saturated rings. The minimum atomic E-state index is -0.157. The van der Waals surface area contributed by atoms with Crippen LogP contribution in [0.5, 0.6) is 5.88 Å². The number of carbonyl (C=O) groups excluding carboxylic acids is 1. The van der Waals surface area contributed by atoms with E-state index in [-0.39, 0.29) is 11.9 Å². The van der Waals surface area contributed by atoms with Crippen molar-refractivity contribution in [3.05, 3.63) is 35.5 Å². The average molecular weight is 301 g/mol. The number of ether oxygens (including phenoxy) is 1. The molecule has 7 nitrogen and oxygen atoms in total. The molecule has 0 saturated carbocycles. The van der Waals surface area contributed by atoms with Crippen molar-refractivity contribution in [1.82, 2.24) is 25.1 Å². The maximum Gasteiger partial charge on any atom is 0.257 e. The van der Waals surface area contributed by atoms with Crippen molar-refractivity contribution in [3.63, 3.8) is 0 Å². The van der Waals surface area contributed by atoms with Gasteiger partial charge in [0.05, 0.1) is 6.61 Å². The third-order valence-electron chi connectivity index (χ3n) is 3.76. The molecule has 2 aromatic heterocycles. The van der Waals surface area contributed by atoms with Crippen LogP contribution in [0, 0.1) is 6.92 Å². The number of nitrogens with one attached hydrogen (secondary N) is 1. The molecular formula is C15H19N5O2. The Kier molecular flexibility index (Phi) is 4.04. The number of pyridine rings is 1. The summed E-state index contributed by atoms with van der Waals surface area (Å²) in [5, 5.41) is 11.3. The van der Waals surface area contributed by atoms with Gasteiger partial charge >= 0.3 is 0 Å². The monoisotopic (exact) mass is 301 g/mol. The van der Waals surface area contributed by atoms with Gasteiger partial charge in [-0.3, -0.25) is 4.79 Å². The Labute approximate surface area is 128 Å². The summed E-state index contributed by atoms with van der Waals surface area (Å²) in [6.07, 6.45) is 3.29. The highest BCUT2D eigenvalue weighted by Gasteiger charge is 2.24. The van der Waals surface area contributed by atoms with Crippen molar-refractivity contribution in [1.29, 1.82) is 0 Å². The summed E-state index contributed by atoms with van der Waals surface area (Å²) >= 11 is 0. The lowest BCUT2D eigenvalue weighted by Crippen LogP contribution is -2.41. The molecule has 7 heteroatoms. The van der Waals surface area contributed by atoms with Crippen LogP contribution in [0.4, 0.5) is 0 Å². The van der Waals surface area contributed by atoms with Crippen molar-refractivity contribution < 1.29 is 9.53 Å². The van der Waals surface area contributed by atoms with Gasteiger partial charge in [-0.15, -0.1) is 10.2 Å². The van der Waals surface area contributed by atoms with E-state index in [1.165, 1.54) is 0 Å². The fourth-order valence-corrected chi connectivity index (χ4v) is 2.66. The summed E-state index contributed by atoms with van der Waals surface area (Å²) in [4.78, 5) is 16.6. The third kappa shape index (κ3) is 2.79. The van der Waals surface area contributed by atoms with Gasteiger partial charge in [-0.1, -0.05) is 0 Å². The van der Waals surface area contributed by atoms with E-state index in [1.807, 2.05) is 13.8 Å². The Balaban J connectivity index is 1.72. The van der Waals surface area contributed by atoms with Crippen molar-refractivity contribution in [2.24, 2.45) is 0 Å². The third-order valence-corrected chi connectivity index (χ3v) is 3.76. The number of hydrogen-bond acceptors (Lipinski definition) is 5. The standard InChI is InChI=1S/C15H19N5O2/c1-3-22-15-12(5-4-8-16-15)14(21)17-11-6-7-13-19-18-10(2)20(13)9-11/h4-5,8,11H,3,6-7,9H2,1-2H3,(H,17,21). The molecule has 1 atom stereocenters. The first-order valence-electron chi connectivity index (χ1n) is 7.46. The molecule has 2 aromatic rings. The van der Waals surface area contributed by atoms with Gasteiger partial charge in [0.1, 0.15) is 17.2 Å². The second-order valence-corrected chi connectivity index (χ2v) is 5.27. The maximum atomic E-state index is 12.5. The van der Waals surface area contributed by atoms with Gasteiger partial charge < -0.3 is 14.6 Å². The predicted octanol–water partition coefficient (Wildman–Crippen LogP) is 1.13. The van der Waals surface area contributed by atoms with Crippen LogP contribution in [0.2, 0.25) is 0 Å². The molecule has 0 saturated heterocycles. The maximum absolute atomic E-state index is 12.5. The quantitative estimate of drug-likeness (QED) is 0.915. The molecule has 0 aromatic carbocycles. The van der Waals surface area contributed by atoms with Gasteiger partial charge in [0.2, 0.25) is 5.88 Å². The molecule has 1 aliphatic heterocycles. The largest absolute Gasteiger partial charge is 0.477 e. The number of hydrogen-bond donors (Lipinski definition) is 1. The van der Waals surface area contributed by atoms with Crippen molar-refractivity contribution >= 4 is 5.91 Å². The molecule has 0 bridgehead atoms. The highest BCUT2D eigenvalue weighted by Crippen LogP contribution is 2.17. The Hall–Kier alpha value is -2.44. The number of nitrogens with zero attached hydrogens (tertiary/aromatic N) is 4. The van der Waals surface area contributed by atoms with Crippen LogP contribution in [0.3, 0.4) is 0 Å². The zero-order chi connectivity index (χ0) is 15.5. The molecule has 22 heavy (non-hydrogen) atoms. The molecule has 3 rings (SSSR count). The minimum Gasteiger partial charge on any atom is -0.477 e. The first-order chi connectivity index (χ1) is 10.7. The van der Waals surface area contributed by atoms with Gasteiger partial charge in [0.15, 0.2) is 0 Å². The van der Waals surface area contributed by atoms with Crippen LogP contribution in [-0.2, 0) is 13.0 Å². The normalized spacial score (nSPS) is 16.9. The molecular weight excluding hydrogens is 282 g/mol. The summed E-state index contributed by atoms with van der Waals surface area (Å²) in [7, 11) is 0. The van der Waals surface area contributed by atoms with E-state index < -0.39 is 0 Å². The van der Waals surface area contributed by atoms with Crippen LogP contribution >= 0.6 is 0 Å².